The molecule has 2 atom stereocenters. The zero-order chi connectivity index (χ0) is 11.7. The second-order valence-corrected chi connectivity index (χ2v) is 7.42. The molecule has 1 aliphatic carbocycles. The van der Waals surface area contributed by atoms with Gasteiger partial charge in [-0.3, -0.25) is 0 Å². The maximum absolute atomic E-state index is 13.6. The van der Waals surface area contributed by atoms with Crippen LogP contribution >= 0.6 is 41.1 Å². The van der Waals surface area contributed by atoms with Gasteiger partial charge in [-0.2, -0.15) is 0 Å². The lowest BCUT2D eigenvalue weighted by Gasteiger charge is -2.26. The van der Waals surface area contributed by atoms with Gasteiger partial charge in [-0.1, -0.05) is 28.7 Å². The van der Waals surface area contributed by atoms with Gasteiger partial charge in [0.05, 0.1) is 0 Å². The molecule has 0 amide bonds. The largest absolute Gasteiger partial charge is 0.206 e. The Kier molecular flexibility index (Phi) is 4.60. The molecule has 1 aromatic rings. The fraction of sp³-hybridized carbons (Fsp3) is 0.500. The summed E-state index contributed by atoms with van der Waals surface area (Å²) in [6.45, 7) is 0. The number of hydrogen-bond donors (Lipinski definition) is 0. The first-order valence-electron chi connectivity index (χ1n) is 5.56. The Labute approximate surface area is 115 Å². The van der Waals surface area contributed by atoms with Crippen molar-refractivity contribution in [2.24, 2.45) is 0 Å². The number of hydrogen-bond acceptors (Lipinski definition) is 0. The monoisotopic (exact) mass is 368 g/mol. The Bertz CT molecular complexity index is 364. The molecule has 0 nitrogen and oxygen atoms in total. The summed E-state index contributed by atoms with van der Waals surface area (Å²) in [5.41, 5.74) is 1.18. The van der Waals surface area contributed by atoms with Crippen LogP contribution in [0.15, 0.2) is 12.1 Å². The molecule has 2 rings (SSSR count). The van der Waals surface area contributed by atoms with Gasteiger partial charge in [0, 0.05) is 9.23 Å². The van der Waals surface area contributed by atoms with Crippen molar-refractivity contribution in [3.63, 3.8) is 0 Å². The van der Waals surface area contributed by atoms with Crippen molar-refractivity contribution in [3.8, 4) is 0 Å². The minimum Gasteiger partial charge on any atom is -0.206 e. The lowest BCUT2D eigenvalue weighted by Crippen LogP contribution is -2.19. The van der Waals surface area contributed by atoms with Gasteiger partial charge in [0.1, 0.15) is 5.82 Å². The molecule has 88 valence electrons. The first kappa shape index (κ1) is 13.2. The molecule has 0 aromatic heterocycles. The van der Waals surface area contributed by atoms with E-state index in [1.807, 2.05) is 0 Å². The highest BCUT2D eigenvalue weighted by molar-refractivity contribution is 14.1. The lowest BCUT2D eigenvalue weighted by atomic mass is 9.84. The van der Waals surface area contributed by atoms with E-state index in [-0.39, 0.29) is 5.82 Å². The summed E-state index contributed by atoms with van der Waals surface area (Å²) in [6.07, 6.45) is 4.93. The summed E-state index contributed by atoms with van der Waals surface area (Å²) in [4.78, 5) is 0. The molecule has 16 heavy (non-hydrogen) atoms. The van der Waals surface area contributed by atoms with Crippen LogP contribution in [0.3, 0.4) is 0 Å². The predicted octanol–water partition coefficient (Wildman–Crippen LogP) is 3.29. The second-order valence-electron chi connectivity index (χ2n) is 4.45. The van der Waals surface area contributed by atoms with E-state index in [0.717, 1.165) is 9.23 Å². The molecule has 4 heteroatoms. The number of alkyl halides is 1. The van der Waals surface area contributed by atoms with Crippen molar-refractivity contribution >= 4 is 51.7 Å². The van der Waals surface area contributed by atoms with Crippen LogP contribution in [-0.2, 0) is 0 Å². The van der Waals surface area contributed by atoms with Gasteiger partial charge in [-0.25, -0.2) is 4.39 Å². The number of halogens is 2. The molecule has 0 saturated heterocycles. The summed E-state index contributed by atoms with van der Waals surface area (Å²) < 4.78 is 14.5. The van der Waals surface area contributed by atoms with Gasteiger partial charge in [0.25, 0.3) is 0 Å². The highest BCUT2D eigenvalue weighted by Gasteiger charge is 2.21. The Morgan fingerprint density at radius 2 is 1.75 bits per heavy atom. The van der Waals surface area contributed by atoms with E-state index >= 15 is 0 Å². The minimum absolute atomic E-state index is 0.0934. The van der Waals surface area contributed by atoms with Gasteiger partial charge < -0.3 is 0 Å². The summed E-state index contributed by atoms with van der Waals surface area (Å²) in [6, 6.07) is 3.84. The summed E-state index contributed by atoms with van der Waals surface area (Å²) in [5, 5.41) is 1.65. The fourth-order valence-corrected chi connectivity index (χ4v) is 3.50. The van der Waals surface area contributed by atoms with Crippen LogP contribution in [0, 0.1) is 5.82 Å². The molecule has 1 aliphatic rings. The van der Waals surface area contributed by atoms with E-state index in [4.69, 9.17) is 0 Å². The van der Waals surface area contributed by atoms with Crippen molar-refractivity contribution in [3.05, 3.63) is 23.5 Å². The Balaban J connectivity index is 2.21. The molecule has 0 radical (unpaired) electrons. The third-order valence-corrected chi connectivity index (χ3v) is 5.98. The van der Waals surface area contributed by atoms with Crippen molar-refractivity contribution in [2.45, 2.75) is 35.5 Å². The third-order valence-electron chi connectivity index (χ3n) is 3.31. The first-order chi connectivity index (χ1) is 7.58. The Morgan fingerprint density at radius 1 is 1.12 bits per heavy atom. The summed E-state index contributed by atoms with van der Waals surface area (Å²) >= 11 is 2.52. The van der Waals surface area contributed by atoms with Crippen LogP contribution < -0.4 is 10.6 Å². The average molecular weight is 368 g/mol. The Morgan fingerprint density at radius 3 is 2.31 bits per heavy atom. The first-order valence-corrected chi connectivity index (χ1v) is 7.96. The molecule has 0 heterocycles. The highest BCUT2D eigenvalue weighted by atomic mass is 127. The molecule has 1 fully saturated rings. The normalized spacial score (nSPS) is 25.8. The lowest BCUT2D eigenvalue weighted by molar-refractivity contribution is 0.461. The predicted molar refractivity (Wildman–Crippen MR) is 84.1 cm³/mol. The van der Waals surface area contributed by atoms with Gasteiger partial charge in [0.2, 0.25) is 0 Å². The summed E-state index contributed by atoms with van der Waals surface area (Å²) in [7, 11) is 5.08. The van der Waals surface area contributed by atoms with E-state index in [1.54, 1.807) is 6.07 Å². The maximum Gasteiger partial charge on any atom is 0.131 e. The van der Waals surface area contributed by atoms with Crippen LogP contribution in [0.4, 0.5) is 4.39 Å². The molecule has 1 saturated carbocycles. The smallest absolute Gasteiger partial charge is 0.131 e. The van der Waals surface area contributed by atoms with Crippen LogP contribution in [0.5, 0.6) is 0 Å². The van der Waals surface area contributed by atoms with Crippen molar-refractivity contribution in [1.29, 1.82) is 0 Å². The van der Waals surface area contributed by atoms with Crippen molar-refractivity contribution < 1.29 is 4.39 Å². The van der Waals surface area contributed by atoms with E-state index in [1.165, 1.54) is 31.2 Å². The summed E-state index contributed by atoms with van der Waals surface area (Å²) in [5.74, 6) is 0.467. The molecule has 1 aromatic carbocycles. The van der Waals surface area contributed by atoms with Gasteiger partial charge in [-0.05, 0) is 48.5 Å². The molecular weight excluding hydrogens is 352 g/mol. The number of benzene rings is 1. The van der Waals surface area contributed by atoms with E-state index in [9.17, 15) is 4.39 Å². The van der Waals surface area contributed by atoms with E-state index in [2.05, 4.69) is 47.1 Å². The second kappa shape index (κ2) is 5.59. The van der Waals surface area contributed by atoms with E-state index < -0.39 is 0 Å². The molecular formula is C12H16FIP2. The molecule has 0 N–H and O–H groups in total. The molecule has 0 aliphatic heterocycles. The molecule has 0 bridgehead atoms. The van der Waals surface area contributed by atoms with E-state index in [0.29, 0.717) is 11.2 Å². The zero-order valence-corrected chi connectivity index (χ0v) is 13.5. The van der Waals surface area contributed by atoms with Crippen molar-refractivity contribution in [2.75, 3.05) is 0 Å². The SMILES string of the molecule is Fc1cc(C2CCC(I)CC2)cc(P)c1P. The fourth-order valence-electron chi connectivity index (χ4n) is 2.28. The van der Waals surface area contributed by atoms with Crippen LogP contribution in [0.1, 0.15) is 37.2 Å². The minimum atomic E-state index is -0.0934. The topological polar surface area (TPSA) is 0 Å². The highest BCUT2D eigenvalue weighted by Crippen LogP contribution is 2.35. The molecule has 0 spiro atoms. The van der Waals surface area contributed by atoms with Crippen molar-refractivity contribution in [1.82, 2.24) is 0 Å². The van der Waals surface area contributed by atoms with Crippen LogP contribution in [0.25, 0.3) is 0 Å². The maximum atomic E-state index is 13.6. The van der Waals surface area contributed by atoms with Gasteiger partial charge in [0.15, 0.2) is 0 Å². The zero-order valence-electron chi connectivity index (χ0n) is 9.05. The number of rotatable bonds is 1. The third kappa shape index (κ3) is 2.94. The quantitative estimate of drug-likeness (QED) is 0.406. The molecule has 2 unspecified atom stereocenters. The average Bonchev–Trinajstić information content (AvgIpc) is 2.26. The van der Waals surface area contributed by atoms with Gasteiger partial charge >= 0.3 is 0 Å². The van der Waals surface area contributed by atoms with Crippen LogP contribution in [-0.4, -0.2) is 3.92 Å². The Hall–Kier alpha value is 0.740. The van der Waals surface area contributed by atoms with Gasteiger partial charge in [-0.15, -0.1) is 18.5 Å². The standard InChI is InChI=1S/C12H16FIP2/c13-10-5-8(6-11(15)12(10)16)7-1-3-9(14)4-2-7/h5-7,9H,1-4,15-16H2. The van der Waals surface area contributed by atoms with Crippen LogP contribution in [0.2, 0.25) is 0 Å².